The molecule has 0 saturated carbocycles. The number of thioether (sulfide) groups is 1. The zero-order chi connectivity index (χ0) is 16.8. The molecule has 0 aliphatic carbocycles. The fraction of sp³-hybridized carbons (Fsp3) is 0.176. The molecule has 1 amide bonds. The molecule has 2 N–H and O–H groups in total. The van der Waals surface area contributed by atoms with Gasteiger partial charge in [-0.2, -0.15) is 0 Å². The Morgan fingerprint density at radius 2 is 2.00 bits per heavy atom. The predicted molar refractivity (Wildman–Crippen MR) is 94.6 cm³/mol. The predicted octanol–water partition coefficient (Wildman–Crippen LogP) is 1.87. The van der Waals surface area contributed by atoms with Crippen molar-refractivity contribution in [2.45, 2.75) is 12.3 Å². The van der Waals surface area contributed by atoms with Gasteiger partial charge in [0.1, 0.15) is 5.82 Å². The van der Waals surface area contributed by atoms with Crippen LogP contribution in [0.4, 0.5) is 0 Å². The molecule has 3 rings (SSSR count). The molecule has 0 saturated heterocycles. The molecule has 7 heteroatoms. The lowest BCUT2D eigenvalue weighted by molar-refractivity contribution is -0.118. The van der Waals surface area contributed by atoms with Crippen LogP contribution in [-0.4, -0.2) is 26.6 Å². The van der Waals surface area contributed by atoms with Crippen molar-refractivity contribution in [2.24, 2.45) is 0 Å². The van der Waals surface area contributed by atoms with E-state index in [2.05, 4.69) is 20.3 Å². The first-order valence-electron chi connectivity index (χ1n) is 7.44. The third-order valence-corrected chi connectivity index (χ3v) is 4.27. The lowest BCUT2D eigenvalue weighted by Gasteiger charge is -2.05. The van der Waals surface area contributed by atoms with Gasteiger partial charge in [0.15, 0.2) is 0 Å². The molecule has 0 aliphatic heterocycles. The van der Waals surface area contributed by atoms with Crippen molar-refractivity contribution in [3.8, 4) is 0 Å². The molecular formula is C17H16N4O2S. The van der Waals surface area contributed by atoms with Crippen LogP contribution >= 0.6 is 11.8 Å². The van der Waals surface area contributed by atoms with Crippen molar-refractivity contribution in [3.05, 3.63) is 70.5 Å². The highest BCUT2D eigenvalue weighted by Gasteiger charge is 2.06. The number of para-hydroxylation sites is 1. The first-order valence-corrected chi connectivity index (χ1v) is 8.60. The fourth-order valence-corrected chi connectivity index (χ4v) is 2.91. The molecule has 0 fully saturated rings. The highest BCUT2D eigenvalue weighted by atomic mass is 32.2. The van der Waals surface area contributed by atoms with Crippen molar-refractivity contribution < 1.29 is 4.79 Å². The van der Waals surface area contributed by atoms with Crippen LogP contribution in [0, 0.1) is 0 Å². The van der Waals surface area contributed by atoms with Gasteiger partial charge in [0.05, 0.1) is 34.6 Å². The van der Waals surface area contributed by atoms with Crippen molar-refractivity contribution in [3.63, 3.8) is 0 Å². The number of nitrogens with zero attached hydrogens (tertiary/aromatic N) is 2. The van der Waals surface area contributed by atoms with E-state index in [9.17, 15) is 9.59 Å². The second-order valence-corrected chi connectivity index (χ2v) is 6.11. The third kappa shape index (κ3) is 4.20. The van der Waals surface area contributed by atoms with E-state index in [1.165, 1.54) is 11.8 Å². The zero-order valence-electron chi connectivity index (χ0n) is 12.9. The van der Waals surface area contributed by atoms with Gasteiger partial charge in [-0.15, -0.1) is 11.8 Å². The van der Waals surface area contributed by atoms with E-state index >= 15 is 0 Å². The minimum absolute atomic E-state index is 0.0752. The number of hydrogen-bond donors (Lipinski definition) is 2. The number of carbonyl (C=O) groups is 1. The molecule has 122 valence electrons. The van der Waals surface area contributed by atoms with E-state index in [4.69, 9.17) is 0 Å². The number of carbonyl (C=O) groups excluding carboxylic acids is 1. The Morgan fingerprint density at radius 3 is 2.83 bits per heavy atom. The van der Waals surface area contributed by atoms with Crippen molar-refractivity contribution in [1.29, 1.82) is 0 Å². The molecule has 0 aliphatic rings. The van der Waals surface area contributed by atoms with E-state index < -0.39 is 0 Å². The first kappa shape index (κ1) is 16.2. The van der Waals surface area contributed by atoms with Crippen LogP contribution in [-0.2, 0) is 17.1 Å². The number of nitrogens with one attached hydrogen (secondary N) is 2. The van der Waals surface area contributed by atoms with E-state index in [0.29, 0.717) is 34.8 Å². The number of pyridine rings is 1. The molecule has 0 spiro atoms. The van der Waals surface area contributed by atoms with E-state index in [1.807, 2.05) is 24.3 Å². The van der Waals surface area contributed by atoms with Crippen molar-refractivity contribution in [1.82, 2.24) is 20.3 Å². The lowest BCUT2D eigenvalue weighted by Crippen LogP contribution is -2.25. The van der Waals surface area contributed by atoms with Gasteiger partial charge >= 0.3 is 0 Å². The van der Waals surface area contributed by atoms with Crippen LogP contribution in [0.1, 0.15) is 11.5 Å². The van der Waals surface area contributed by atoms with Gasteiger partial charge in [0.2, 0.25) is 5.91 Å². The summed E-state index contributed by atoms with van der Waals surface area (Å²) in [4.78, 5) is 35.1. The smallest absolute Gasteiger partial charge is 0.258 e. The second-order valence-electron chi connectivity index (χ2n) is 5.12. The Balaban J connectivity index is 1.51. The monoisotopic (exact) mass is 340 g/mol. The maximum absolute atomic E-state index is 12.0. The van der Waals surface area contributed by atoms with Crippen LogP contribution in [0.2, 0.25) is 0 Å². The van der Waals surface area contributed by atoms with E-state index in [0.717, 1.165) is 5.69 Å². The number of benzene rings is 1. The molecule has 0 unspecified atom stereocenters. The SMILES string of the molecule is O=C(CSCc1nc2ccccc2c(=O)[nH]1)NCc1ccccn1. The van der Waals surface area contributed by atoms with Crippen LogP contribution in [0.15, 0.2) is 53.5 Å². The minimum Gasteiger partial charge on any atom is -0.350 e. The van der Waals surface area contributed by atoms with E-state index in [1.54, 1.807) is 24.4 Å². The molecule has 0 bridgehead atoms. The van der Waals surface area contributed by atoms with Gasteiger partial charge in [-0.1, -0.05) is 18.2 Å². The lowest BCUT2D eigenvalue weighted by atomic mass is 10.2. The topological polar surface area (TPSA) is 87.7 Å². The third-order valence-electron chi connectivity index (χ3n) is 3.33. The number of aromatic amines is 1. The molecule has 2 heterocycles. The Hall–Kier alpha value is -2.67. The summed E-state index contributed by atoms with van der Waals surface area (Å²) < 4.78 is 0. The van der Waals surface area contributed by atoms with Gasteiger partial charge in [-0.25, -0.2) is 4.98 Å². The van der Waals surface area contributed by atoms with Gasteiger partial charge in [-0.3, -0.25) is 14.6 Å². The number of aromatic nitrogens is 3. The number of H-pyrrole nitrogens is 1. The molecule has 24 heavy (non-hydrogen) atoms. The number of rotatable bonds is 6. The molecule has 1 aromatic carbocycles. The van der Waals surface area contributed by atoms with Crippen molar-refractivity contribution in [2.75, 3.05) is 5.75 Å². The highest BCUT2D eigenvalue weighted by Crippen LogP contribution is 2.10. The standard InChI is InChI=1S/C17H16N4O2S/c22-16(19-9-12-5-3-4-8-18-12)11-24-10-15-20-14-7-2-1-6-13(14)17(23)21-15/h1-8H,9-11H2,(H,19,22)(H,20,21,23). The average Bonchev–Trinajstić information content (AvgIpc) is 2.61. The summed E-state index contributed by atoms with van der Waals surface area (Å²) in [5.74, 6) is 1.26. The average molecular weight is 340 g/mol. The van der Waals surface area contributed by atoms with Crippen LogP contribution < -0.4 is 10.9 Å². The largest absolute Gasteiger partial charge is 0.350 e. The Morgan fingerprint density at radius 1 is 1.17 bits per heavy atom. The van der Waals surface area contributed by atoms with Crippen molar-refractivity contribution >= 4 is 28.6 Å². The summed E-state index contributed by atoms with van der Waals surface area (Å²) in [6.45, 7) is 0.408. The Kier molecular flexibility index (Phi) is 5.22. The Bertz CT molecular complexity index is 896. The quantitative estimate of drug-likeness (QED) is 0.715. The molecule has 0 radical (unpaired) electrons. The summed E-state index contributed by atoms with van der Waals surface area (Å²) in [6.07, 6.45) is 1.69. The van der Waals surface area contributed by atoms with Crippen LogP contribution in [0.5, 0.6) is 0 Å². The van der Waals surface area contributed by atoms with Crippen LogP contribution in [0.3, 0.4) is 0 Å². The summed E-state index contributed by atoms with van der Waals surface area (Å²) in [5, 5.41) is 3.38. The molecule has 2 aromatic heterocycles. The highest BCUT2D eigenvalue weighted by molar-refractivity contribution is 7.99. The van der Waals surface area contributed by atoms with E-state index in [-0.39, 0.29) is 11.5 Å². The summed E-state index contributed by atoms with van der Waals surface area (Å²) in [5.41, 5.74) is 1.32. The molecule has 6 nitrogen and oxygen atoms in total. The first-order chi connectivity index (χ1) is 11.7. The zero-order valence-corrected chi connectivity index (χ0v) is 13.7. The number of fused-ring (bicyclic) bond motifs is 1. The molecular weight excluding hydrogens is 324 g/mol. The van der Waals surface area contributed by atoms with Gasteiger partial charge in [0.25, 0.3) is 5.56 Å². The molecule has 0 atom stereocenters. The van der Waals surface area contributed by atoms with Gasteiger partial charge in [0, 0.05) is 6.20 Å². The summed E-state index contributed by atoms with van der Waals surface area (Å²) in [7, 11) is 0. The van der Waals surface area contributed by atoms with Gasteiger partial charge in [-0.05, 0) is 24.3 Å². The summed E-state index contributed by atoms with van der Waals surface area (Å²) in [6, 6.07) is 12.8. The maximum Gasteiger partial charge on any atom is 0.258 e. The minimum atomic E-state index is -0.157. The number of hydrogen-bond acceptors (Lipinski definition) is 5. The maximum atomic E-state index is 12.0. The Labute approximate surface area is 142 Å². The summed E-state index contributed by atoms with van der Waals surface area (Å²) >= 11 is 1.40. The molecule has 3 aromatic rings. The number of amides is 1. The van der Waals surface area contributed by atoms with Gasteiger partial charge < -0.3 is 10.3 Å². The fourth-order valence-electron chi connectivity index (χ4n) is 2.19. The van der Waals surface area contributed by atoms with Crippen LogP contribution in [0.25, 0.3) is 10.9 Å². The second kappa shape index (κ2) is 7.74. The normalized spacial score (nSPS) is 10.7.